The van der Waals surface area contributed by atoms with Gasteiger partial charge in [0.05, 0.1) is 12.1 Å². The number of amides is 1. The normalized spacial score (nSPS) is 17.6. The number of carbonyl (C=O) groups is 1. The van der Waals surface area contributed by atoms with Gasteiger partial charge in [0.25, 0.3) is 5.91 Å². The van der Waals surface area contributed by atoms with E-state index in [4.69, 9.17) is 4.74 Å². The first-order valence-electron chi connectivity index (χ1n) is 8.61. The number of halogens is 1. The molecule has 0 unspecified atom stereocenters. The van der Waals surface area contributed by atoms with Crippen LogP contribution >= 0.6 is 11.3 Å². The molecule has 3 aromatic rings. The van der Waals surface area contributed by atoms with Crippen molar-refractivity contribution in [2.24, 2.45) is 0 Å². The minimum Gasteiger partial charge on any atom is -0.376 e. The number of nitrogens with one attached hydrogen (secondary N) is 1. The molecule has 1 saturated heterocycles. The van der Waals surface area contributed by atoms with E-state index in [9.17, 15) is 9.18 Å². The summed E-state index contributed by atoms with van der Waals surface area (Å²) in [5.74, 6) is -0.141. The molecule has 27 heavy (non-hydrogen) atoms. The van der Waals surface area contributed by atoms with Crippen LogP contribution in [-0.2, 0) is 4.74 Å². The van der Waals surface area contributed by atoms with Crippen molar-refractivity contribution >= 4 is 17.2 Å². The van der Waals surface area contributed by atoms with Gasteiger partial charge in [-0.3, -0.25) is 4.79 Å². The van der Waals surface area contributed by atoms with Crippen LogP contribution in [0.1, 0.15) is 34.9 Å². The van der Waals surface area contributed by atoms with Gasteiger partial charge in [-0.2, -0.15) is 0 Å². The van der Waals surface area contributed by atoms with E-state index in [1.165, 1.54) is 23.5 Å². The van der Waals surface area contributed by atoms with Gasteiger partial charge in [-0.05, 0) is 36.6 Å². The molecule has 0 bridgehead atoms. The summed E-state index contributed by atoms with van der Waals surface area (Å²) in [6.07, 6.45) is 4.89. The molecule has 0 aliphatic carbocycles. The van der Waals surface area contributed by atoms with Gasteiger partial charge in [0.1, 0.15) is 11.5 Å². The molecule has 0 saturated carbocycles. The predicted octanol–water partition coefficient (Wildman–Crippen LogP) is 3.39. The van der Waals surface area contributed by atoms with Crippen LogP contribution < -0.4 is 5.32 Å². The van der Waals surface area contributed by atoms with Crippen LogP contribution in [0.15, 0.2) is 48.1 Å². The average molecular weight is 384 g/mol. The van der Waals surface area contributed by atoms with E-state index in [1.807, 2.05) is 0 Å². The zero-order valence-electron chi connectivity index (χ0n) is 14.3. The molecule has 0 radical (unpaired) electrons. The predicted molar refractivity (Wildman–Crippen MR) is 98.7 cm³/mol. The molecule has 1 aromatic carbocycles. The summed E-state index contributed by atoms with van der Waals surface area (Å²) in [6.45, 7) is 0.657. The maximum atomic E-state index is 13.3. The van der Waals surface area contributed by atoms with Gasteiger partial charge in [-0.15, -0.1) is 11.3 Å². The number of nitrogens with zero attached hydrogens (tertiary/aromatic N) is 3. The lowest BCUT2D eigenvalue weighted by atomic mass is 9.99. The smallest absolute Gasteiger partial charge is 0.271 e. The van der Waals surface area contributed by atoms with Crippen molar-refractivity contribution in [3.8, 4) is 10.8 Å². The molecule has 1 fully saturated rings. The Bertz CT molecular complexity index is 911. The number of carbonyl (C=O) groups excluding carboxylic acids is 1. The second-order valence-corrected chi connectivity index (χ2v) is 7.02. The number of ether oxygens (including phenoxy) is 1. The largest absolute Gasteiger partial charge is 0.376 e. The second-order valence-electron chi connectivity index (χ2n) is 6.16. The Hall–Kier alpha value is -2.71. The van der Waals surface area contributed by atoms with Crippen LogP contribution in [0.4, 0.5) is 4.39 Å². The van der Waals surface area contributed by atoms with Gasteiger partial charge >= 0.3 is 0 Å². The summed E-state index contributed by atoms with van der Waals surface area (Å²) in [5, 5.41) is 5.25. The average Bonchev–Trinajstić information content (AvgIpc) is 3.40. The lowest BCUT2D eigenvalue weighted by Gasteiger charge is -2.24. The van der Waals surface area contributed by atoms with E-state index >= 15 is 0 Å². The molecule has 3 heterocycles. The monoisotopic (exact) mass is 384 g/mol. The summed E-state index contributed by atoms with van der Waals surface area (Å²) >= 11 is 1.31. The molecule has 6 nitrogen and oxygen atoms in total. The Kier molecular flexibility index (Phi) is 5.17. The maximum absolute atomic E-state index is 13.3. The van der Waals surface area contributed by atoms with Crippen LogP contribution in [0, 0.1) is 5.82 Å². The molecule has 1 amide bonds. The topological polar surface area (TPSA) is 77.0 Å². The van der Waals surface area contributed by atoms with Crippen molar-refractivity contribution in [1.29, 1.82) is 0 Å². The van der Waals surface area contributed by atoms with Gasteiger partial charge in [0.15, 0.2) is 10.8 Å². The van der Waals surface area contributed by atoms with Crippen LogP contribution in [0.5, 0.6) is 0 Å². The first-order chi connectivity index (χ1) is 13.2. The van der Waals surface area contributed by atoms with E-state index < -0.39 is 0 Å². The van der Waals surface area contributed by atoms with Crippen LogP contribution in [0.3, 0.4) is 0 Å². The highest BCUT2D eigenvalue weighted by Crippen LogP contribution is 2.28. The fraction of sp³-hybridized carbons (Fsp3) is 0.263. The molecule has 138 valence electrons. The van der Waals surface area contributed by atoms with E-state index in [-0.39, 0.29) is 23.9 Å². The lowest BCUT2D eigenvalue weighted by molar-refractivity contribution is 0.0670. The zero-order valence-corrected chi connectivity index (χ0v) is 15.2. The molecule has 1 aliphatic rings. The van der Waals surface area contributed by atoms with Crippen molar-refractivity contribution in [2.45, 2.75) is 25.0 Å². The van der Waals surface area contributed by atoms with Gasteiger partial charge < -0.3 is 10.1 Å². The summed E-state index contributed by atoms with van der Waals surface area (Å²) < 4.78 is 19.0. The van der Waals surface area contributed by atoms with Crippen molar-refractivity contribution < 1.29 is 13.9 Å². The molecular weight excluding hydrogens is 367 g/mol. The Morgan fingerprint density at radius 3 is 2.74 bits per heavy atom. The molecule has 2 atom stereocenters. The number of aromatic nitrogens is 3. The highest BCUT2D eigenvalue weighted by atomic mass is 32.1. The number of hydrogen-bond donors (Lipinski definition) is 1. The van der Waals surface area contributed by atoms with Gasteiger partial charge in [-0.1, -0.05) is 12.1 Å². The third kappa shape index (κ3) is 4.01. The maximum Gasteiger partial charge on any atom is 0.271 e. The summed E-state index contributed by atoms with van der Waals surface area (Å²) in [7, 11) is 0. The Morgan fingerprint density at radius 2 is 2.04 bits per heavy atom. The van der Waals surface area contributed by atoms with Crippen LogP contribution in [0.25, 0.3) is 10.8 Å². The first kappa shape index (κ1) is 17.7. The molecular formula is C19H17FN4O2S. The van der Waals surface area contributed by atoms with Crippen molar-refractivity contribution in [3.63, 3.8) is 0 Å². The number of thiazole rings is 1. The highest BCUT2D eigenvalue weighted by Gasteiger charge is 2.29. The molecule has 8 heteroatoms. The fourth-order valence-electron chi connectivity index (χ4n) is 3.03. The van der Waals surface area contributed by atoms with Crippen LogP contribution in [-0.4, -0.2) is 33.6 Å². The second kappa shape index (κ2) is 7.89. The Labute approximate surface area is 159 Å². The third-order valence-electron chi connectivity index (χ3n) is 4.35. The number of benzene rings is 1. The van der Waals surface area contributed by atoms with Crippen molar-refractivity contribution in [2.75, 3.05) is 6.61 Å². The van der Waals surface area contributed by atoms with Gasteiger partial charge in [0, 0.05) is 24.4 Å². The summed E-state index contributed by atoms with van der Waals surface area (Å²) in [4.78, 5) is 25.4. The fourth-order valence-corrected chi connectivity index (χ4v) is 3.78. The first-order valence-corrected chi connectivity index (χ1v) is 9.49. The van der Waals surface area contributed by atoms with Gasteiger partial charge in [0.2, 0.25) is 0 Å². The minimum absolute atomic E-state index is 0.144. The third-order valence-corrected chi connectivity index (χ3v) is 5.18. The molecule has 1 N–H and O–H groups in total. The Morgan fingerprint density at radius 1 is 1.26 bits per heavy atom. The van der Waals surface area contributed by atoms with Crippen molar-refractivity contribution in [1.82, 2.24) is 20.3 Å². The minimum atomic E-state index is -0.362. The molecule has 4 rings (SSSR count). The highest BCUT2D eigenvalue weighted by molar-refractivity contribution is 7.13. The number of hydrogen-bond acceptors (Lipinski definition) is 6. The SMILES string of the molecule is O=C(N[C@@H](c1ccc(F)cc1)[C@H]1CCCO1)c1csc(-c2ncccn2)n1. The molecule has 1 aliphatic heterocycles. The lowest BCUT2D eigenvalue weighted by Crippen LogP contribution is -2.36. The summed E-state index contributed by atoms with van der Waals surface area (Å²) in [6, 6.07) is 7.48. The van der Waals surface area contributed by atoms with Crippen molar-refractivity contribution in [3.05, 3.63) is 65.2 Å². The van der Waals surface area contributed by atoms with Crippen LogP contribution in [0.2, 0.25) is 0 Å². The standard InChI is InChI=1S/C19H17FN4O2S/c20-13-6-4-12(5-7-13)16(15-3-1-10-26-15)24-18(25)14-11-27-19(23-14)17-21-8-2-9-22-17/h2,4-9,11,15-16H,1,3,10H2,(H,24,25)/t15-,16+/m1/s1. The van der Waals surface area contributed by atoms with E-state index in [2.05, 4.69) is 20.3 Å². The zero-order chi connectivity index (χ0) is 18.6. The van der Waals surface area contributed by atoms with Gasteiger partial charge in [-0.25, -0.2) is 19.3 Å². The van der Waals surface area contributed by atoms with E-state index in [0.29, 0.717) is 23.1 Å². The Balaban J connectivity index is 1.55. The number of rotatable bonds is 5. The quantitative estimate of drug-likeness (QED) is 0.730. The molecule has 0 spiro atoms. The molecule has 2 aromatic heterocycles. The van der Waals surface area contributed by atoms with E-state index in [1.54, 1.807) is 36.0 Å². The summed E-state index contributed by atoms with van der Waals surface area (Å²) in [5.41, 5.74) is 1.10. The van der Waals surface area contributed by atoms with E-state index in [0.717, 1.165) is 18.4 Å².